The number of rotatable bonds is 0. The largest absolute Gasteiger partial charge is 0.379 e. The van der Waals surface area contributed by atoms with Crippen molar-refractivity contribution in [3.8, 4) is 6.07 Å². The zero-order valence-corrected chi connectivity index (χ0v) is 10.8. The van der Waals surface area contributed by atoms with Crippen molar-refractivity contribution < 1.29 is 8.42 Å². The quantitative estimate of drug-likeness (QED) is 0.795. The summed E-state index contributed by atoms with van der Waals surface area (Å²) in [5.74, 6) is 0. The van der Waals surface area contributed by atoms with Crippen LogP contribution in [-0.4, -0.2) is 19.7 Å². The van der Waals surface area contributed by atoms with Crippen molar-refractivity contribution in [2.45, 2.75) is 23.1 Å². The molecule has 0 spiro atoms. The molecule has 0 fully saturated rings. The van der Waals surface area contributed by atoms with Crippen molar-refractivity contribution in [1.82, 2.24) is 0 Å². The minimum atomic E-state index is -3.54. The zero-order chi connectivity index (χ0) is 11.9. The topological polar surface area (TPSA) is 70.0 Å². The van der Waals surface area contributed by atoms with Crippen molar-refractivity contribution in [2.24, 2.45) is 0 Å². The number of fused-ring (bicyclic) bond motifs is 1. The zero-order valence-electron chi connectivity index (χ0n) is 8.44. The number of hydrogen-bond donors (Lipinski definition) is 1. The van der Waals surface area contributed by atoms with Crippen LogP contribution in [0.15, 0.2) is 27.6 Å². The lowest BCUT2D eigenvalue weighted by Crippen LogP contribution is -2.40. The van der Waals surface area contributed by atoms with E-state index in [-0.39, 0.29) is 4.90 Å². The van der Waals surface area contributed by atoms with E-state index in [1.165, 1.54) is 6.07 Å². The molecule has 16 heavy (non-hydrogen) atoms. The minimum absolute atomic E-state index is 0.195. The maximum atomic E-state index is 12.1. The van der Waals surface area contributed by atoms with E-state index >= 15 is 0 Å². The molecule has 0 amide bonds. The highest BCUT2D eigenvalue weighted by molar-refractivity contribution is 9.10. The van der Waals surface area contributed by atoms with Crippen LogP contribution >= 0.6 is 15.9 Å². The summed E-state index contributed by atoms with van der Waals surface area (Å²) in [6.45, 7) is 1.69. The molecule has 1 heterocycles. The monoisotopic (exact) mass is 300 g/mol. The Labute approximate surface area is 102 Å². The molecule has 0 saturated heterocycles. The van der Waals surface area contributed by atoms with Crippen LogP contribution in [0.4, 0.5) is 5.69 Å². The molecule has 1 aromatic rings. The Morgan fingerprint density at radius 3 is 2.81 bits per heavy atom. The van der Waals surface area contributed by atoms with Crippen LogP contribution in [0.1, 0.15) is 6.92 Å². The Kier molecular flexibility index (Phi) is 2.68. The van der Waals surface area contributed by atoms with E-state index in [0.29, 0.717) is 5.69 Å². The number of sulfone groups is 1. The van der Waals surface area contributed by atoms with E-state index in [4.69, 9.17) is 5.26 Å². The Balaban J connectivity index is 2.68. The third kappa shape index (κ3) is 1.60. The van der Waals surface area contributed by atoms with Crippen molar-refractivity contribution in [1.29, 1.82) is 5.26 Å². The SMILES string of the molecule is CC1Nc2cc(Br)ccc2S(=O)(=O)C1C#N. The summed E-state index contributed by atoms with van der Waals surface area (Å²) in [5, 5.41) is 10.9. The van der Waals surface area contributed by atoms with Crippen LogP contribution in [0, 0.1) is 11.3 Å². The van der Waals surface area contributed by atoms with Crippen molar-refractivity contribution in [2.75, 3.05) is 5.32 Å². The molecule has 2 rings (SSSR count). The van der Waals surface area contributed by atoms with E-state index in [2.05, 4.69) is 21.2 Å². The van der Waals surface area contributed by atoms with Gasteiger partial charge in [-0.25, -0.2) is 8.42 Å². The summed E-state index contributed by atoms with van der Waals surface area (Å²) >= 11 is 3.28. The van der Waals surface area contributed by atoms with Gasteiger partial charge in [0, 0.05) is 4.47 Å². The second-order valence-corrected chi connectivity index (χ2v) is 6.62. The van der Waals surface area contributed by atoms with Gasteiger partial charge < -0.3 is 5.32 Å². The van der Waals surface area contributed by atoms with E-state index in [1.807, 2.05) is 6.07 Å². The van der Waals surface area contributed by atoms with Gasteiger partial charge in [-0.15, -0.1) is 0 Å². The maximum Gasteiger partial charge on any atom is 0.198 e. The lowest BCUT2D eigenvalue weighted by Gasteiger charge is -2.28. The molecule has 0 aliphatic carbocycles. The van der Waals surface area contributed by atoms with Gasteiger partial charge in [0.2, 0.25) is 0 Å². The summed E-state index contributed by atoms with van der Waals surface area (Å²) in [6, 6.07) is 6.30. The molecular weight excluding hydrogens is 292 g/mol. The lowest BCUT2D eigenvalue weighted by molar-refractivity contribution is 0.578. The number of nitrogens with zero attached hydrogens (tertiary/aromatic N) is 1. The molecule has 0 bridgehead atoms. The molecular formula is C10H9BrN2O2S. The number of nitrogens with one attached hydrogen (secondary N) is 1. The standard InChI is InChI=1S/C10H9BrN2O2S/c1-6-10(5-12)16(14,15)9-3-2-7(11)4-8(9)13-6/h2-4,6,10,13H,1H3. The molecule has 1 aliphatic rings. The van der Waals surface area contributed by atoms with Crippen LogP contribution in [0.3, 0.4) is 0 Å². The van der Waals surface area contributed by atoms with Gasteiger partial charge in [-0.2, -0.15) is 5.26 Å². The summed E-state index contributed by atoms with van der Waals surface area (Å²) in [5.41, 5.74) is 0.549. The average Bonchev–Trinajstić information content (AvgIpc) is 2.16. The maximum absolute atomic E-state index is 12.1. The predicted octanol–water partition coefficient (Wildman–Crippen LogP) is 1.93. The first kappa shape index (κ1) is 11.4. The van der Waals surface area contributed by atoms with Gasteiger partial charge in [0.05, 0.1) is 22.7 Å². The fourth-order valence-electron chi connectivity index (χ4n) is 1.77. The van der Waals surface area contributed by atoms with Crippen LogP contribution in [-0.2, 0) is 9.84 Å². The Morgan fingerprint density at radius 2 is 2.19 bits per heavy atom. The smallest absolute Gasteiger partial charge is 0.198 e. The number of halogens is 1. The van der Waals surface area contributed by atoms with Crippen LogP contribution in [0.5, 0.6) is 0 Å². The number of nitriles is 1. The first-order chi connectivity index (χ1) is 7.46. The summed E-state index contributed by atoms with van der Waals surface area (Å²) in [7, 11) is -3.54. The second-order valence-electron chi connectivity index (χ2n) is 3.67. The highest BCUT2D eigenvalue weighted by Gasteiger charge is 2.38. The minimum Gasteiger partial charge on any atom is -0.379 e. The molecule has 2 atom stereocenters. The van der Waals surface area contributed by atoms with Gasteiger partial charge >= 0.3 is 0 Å². The van der Waals surface area contributed by atoms with Crippen LogP contribution in [0.25, 0.3) is 0 Å². The second kappa shape index (κ2) is 3.75. The highest BCUT2D eigenvalue weighted by Crippen LogP contribution is 2.34. The molecule has 6 heteroatoms. The first-order valence-corrected chi connectivity index (χ1v) is 7.00. The normalized spacial score (nSPS) is 26.3. The van der Waals surface area contributed by atoms with Gasteiger partial charge in [0.15, 0.2) is 15.1 Å². The Bertz CT molecular complexity index is 577. The van der Waals surface area contributed by atoms with Crippen molar-refractivity contribution in [3.63, 3.8) is 0 Å². The van der Waals surface area contributed by atoms with Gasteiger partial charge in [-0.1, -0.05) is 15.9 Å². The van der Waals surface area contributed by atoms with E-state index in [9.17, 15) is 8.42 Å². The Hall–Kier alpha value is -1.06. The third-order valence-corrected chi connectivity index (χ3v) is 5.19. The molecule has 0 aromatic heterocycles. The predicted molar refractivity (Wildman–Crippen MR) is 63.8 cm³/mol. The molecule has 1 aliphatic heterocycles. The third-order valence-electron chi connectivity index (χ3n) is 2.55. The number of benzene rings is 1. The van der Waals surface area contributed by atoms with Gasteiger partial charge in [0.1, 0.15) is 0 Å². The van der Waals surface area contributed by atoms with Crippen molar-refractivity contribution >= 4 is 31.5 Å². The molecule has 1 aromatic carbocycles. The fraction of sp³-hybridized carbons (Fsp3) is 0.300. The van der Waals surface area contributed by atoms with Gasteiger partial charge in [-0.3, -0.25) is 0 Å². The van der Waals surface area contributed by atoms with Crippen LogP contribution in [0.2, 0.25) is 0 Å². The van der Waals surface area contributed by atoms with E-state index in [0.717, 1.165) is 4.47 Å². The van der Waals surface area contributed by atoms with E-state index < -0.39 is 21.1 Å². The summed E-state index contributed by atoms with van der Waals surface area (Å²) in [4.78, 5) is 0.195. The highest BCUT2D eigenvalue weighted by atomic mass is 79.9. The van der Waals surface area contributed by atoms with Crippen LogP contribution < -0.4 is 5.32 Å². The molecule has 84 valence electrons. The first-order valence-electron chi connectivity index (χ1n) is 4.66. The molecule has 0 radical (unpaired) electrons. The number of anilines is 1. The molecule has 0 saturated carbocycles. The lowest BCUT2D eigenvalue weighted by atomic mass is 10.2. The molecule has 1 N–H and O–H groups in total. The summed E-state index contributed by atoms with van der Waals surface area (Å²) < 4.78 is 25.0. The average molecular weight is 301 g/mol. The number of hydrogen-bond acceptors (Lipinski definition) is 4. The van der Waals surface area contributed by atoms with Gasteiger partial charge in [0.25, 0.3) is 0 Å². The fourth-order valence-corrected chi connectivity index (χ4v) is 3.83. The van der Waals surface area contributed by atoms with Gasteiger partial charge in [-0.05, 0) is 25.1 Å². The van der Waals surface area contributed by atoms with Crippen molar-refractivity contribution in [3.05, 3.63) is 22.7 Å². The Morgan fingerprint density at radius 1 is 1.50 bits per heavy atom. The molecule has 2 unspecified atom stereocenters. The van der Waals surface area contributed by atoms with E-state index in [1.54, 1.807) is 19.1 Å². The summed E-state index contributed by atoms with van der Waals surface area (Å²) in [6.07, 6.45) is 0. The molecule has 4 nitrogen and oxygen atoms in total.